The van der Waals surface area contributed by atoms with E-state index in [2.05, 4.69) is 20.3 Å². The lowest BCUT2D eigenvalue weighted by Crippen LogP contribution is -2.42. The number of likely N-dealkylation sites (tertiary alicyclic amines) is 2. The Kier molecular flexibility index (Phi) is 4.60. The van der Waals surface area contributed by atoms with Crippen molar-refractivity contribution in [3.8, 4) is 0 Å². The molecule has 1 aromatic carbocycles. The van der Waals surface area contributed by atoms with Crippen molar-refractivity contribution in [2.45, 2.75) is 25.8 Å². The summed E-state index contributed by atoms with van der Waals surface area (Å²) in [7, 11) is 0. The highest BCUT2D eigenvalue weighted by Crippen LogP contribution is 2.44. The molecule has 1 N–H and O–H groups in total. The Hall–Kier alpha value is -3.49. The molecular formula is C22H25N7O2. The van der Waals surface area contributed by atoms with Crippen LogP contribution in [0.1, 0.15) is 39.4 Å². The molecule has 2 aliphatic heterocycles. The minimum atomic E-state index is -0.484. The number of carbonyl (C=O) groups is 2. The first-order valence-corrected chi connectivity index (χ1v) is 10.6. The number of amides is 2. The molecule has 0 aliphatic carbocycles. The van der Waals surface area contributed by atoms with E-state index in [1.165, 1.54) is 0 Å². The highest BCUT2D eigenvalue weighted by molar-refractivity contribution is 5.95. The molecule has 2 aliphatic rings. The maximum absolute atomic E-state index is 13.3. The van der Waals surface area contributed by atoms with E-state index < -0.39 is 5.41 Å². The van der Waals surface area contributed by atoms with Crippen molar-refractivity contribution < 1.29 is 9.59 Å². The van der Waals surface area contributed by atoms with Crippen molar-refractivity contribution in [3.63, 3.8) is 0 Å². The third-order valence-electron chi connectivity index (χ3n) is 6.48. The Morgan fingerprint density at radius 3 is 2.45 bits per heavy atom. The average molecular weight is 419 g/mol. The minimum Gasteiger partial charge on any atom is -0.337 e. The number of nitrogens with zero attached hydrogens (tertiary/aromatic N) is 6. The molecule has 5 rings (SSSR count). The number of hydrogen-bond acceptors (Lipinski definition) is 5. The lowest BCUT2D eigenvalue weighted by molar-refractivity contribution is 0.0725. The van der Waals surface area contributed by atoms with Gasteiger partial charge in [0.2, 0.25) is 0 Å². The third-order valence-corrected chi connectivity index (χ3v) is 6.48. The topological polar surface area (TPSA) is 100 Å². The molecule has 2 atom stereocenters. The second-order valence-electron chi connectivity index (χ2n) is 8.37. The van der Waals surface area contributed by atoms with Gasteiger partial charge < -0.3 is 9.80 Å². The van der Waals surface area contributed by atoms with Crippen LogP contribution in [0, 0.1) is 12.8 Å². The SMILES string of the molecule is CCn1nccc1C(=O)N1C[C@@H]2CN(C(=O)c3ccccc3)C[C@]2(c2n[nH]c(C)n2)C1. The molecule has 2 fully saturated rings. The second kappa shape index (κ2) is 7.33. The fourth-order valence-corrected chi connectivity index (χ4v) is 4.95. The lowest BCUT2D eigenvalue weighted by Gasteiger charge is -2.27. The van der Waals surface area contributed by atoms with E-state index >= 15 is 0 Å². The number of aryl methyl sites for hydroxylation is 2. The number of nitrogens with one attached hydrogen (secondary N) is 1. The van der Waals surface area contributed by atoms with Crippen LogP contribution in [0.25, 0.3) is 0 Å². The lowest BCUT2D eigenvalue weighted by atomic mass is 9.80. The van der Waals surface area contributed by atoms with E-state index in [1.54, 1.807) is 16.9 Å². The number of rotatable bonds is 4. The molecule has 2 amide bonds. The highest BCUT2D eigenvalue weighted by Gasteiger charge is 2.58. The van der Waals surface area contributed by atoms with Gasteiger partial charge in [-0.05, 0) is 32.0 Å². The van der Waals surface area contributed by atoms with Crippen molar-refractivity contribution in [3.05, 3.63) is 65.5 Å². The highest BCUT2D eigenvalue weighted by atomic mass is 16.2. The summed E-state index contributed by atoms with van der Waals surface area (Å²) in [6, 6.07) is 11.1. The van der Waals surface area contributed by atoms with Crippen LogP contribution in [-0.4, -0.2) is 72.8 Å². The van der Waals surface area contributed by atoms with Gasteiger partial charge in [-0.3, -0.25) is 19.4 Å². The number of aromatic nitrogens is 5. The quantitative estimate of drug-likeness (QED) is 0.691. The molecule has 2 aromatic heterocycles. The first kappa shape index (κ1) is 19.5. The van der Waals surface area contributed by atoms with Crippen LogP contribution < -0.4 is 0 Å². The Balaban J connectivity index is 1.45. The van der Waals surface area contributed by atoms with Crippen LogP contribution in [0.5, 0.6) is 0 Å². The first-order valence-electron chi connectivity index (χ1n) is 10.6. The predicted molar refractivity (Wildman–Crippen MR) is 112 cm³/mol. The van der Waals surface area contributed by atoms with Gasteiger partial charge in [0.05, 0.1) is 5.41 Å². The van der Waals surface area contributed by atoms with Crippen LogP contribution in [0.3, 0.4) is 0 Å². The molecule has 160 valence electrons. The maximum atomic E-state index is 13.3. The molecule has 3 aromatic rings. The van der Waals surface area contributed by atoms with Crippen LogP contribution in [0.4, 0.5) is 0 Å². The van der Waals surface area contributed by atoms with Crippen LogP contribution in [-0.2, 0) is 12.0 Å². The van der Waals surface area contributed by atoms with E-state index in [9.17, 15) is 9.59 Å². The van der Waals surface area contributed by atoms with Crippen molar-refractivity contribution >= 4 is 11.8 Å². The molecular weight excluding hydrogens is 394 g/mol. The van der Waals surface area contributed by atoms with Crippen LogP contribution in [0.2, 0.25) is 0 Å². The molecule has 0 bridgehead atoms. The summed E-state index contributed by atoms with van der Waals surface area (Å²) in [5.41, 5.74) is 0.770. The van der Waals surface area contributed by atoms with Gasteiger partial charge >= 0.3 is 0 Å². The van der Waals surface area contributed by atoms with Gasteiger partial charge in [-0.2, -0.15) is 10.2 Å². The van der Waals surface area contributed by atoms with Gasteiger partial charge in [-0.25, -0.2) is 4.98 Å². The smallest absolute Gasteiger partial charge is 0.272 e. The summed E-state index contributed by atoms with van der Waals surface area (Å²) in [5.74, 6) is 1.43. The molecule has 9 heteroatoms. The summed E-state index contributed by atoms with van der Waals surface area (Å²) < 4.78 is 1.71. The van der Waals surface area contributed by atoms with Crippen LogP contribution in [0.15, 0.2) is 42.6 Å². The third kappa shape index (κ3) is 3.11. The number of H-pyrrole nitrogens is 1. The summed E-state index contributed by atoms with van der Waals surface area (Å²) >= 11 is 0. The van der Waals surface area contributed by atoms with Gasteiger partial charge in [0.15, 0.2) is 5.82 Å². The van der Waals surface area contributed by atoms with E-state index in [-0.39, 0.29) is 17.7 Å². The van der Waals surface area contributed by atoms with E-state index in [4.69, 9.17) is 0 Å². The summed E-state index contributed by atoms with van der Waals surface area (Å²) in [6.45, 7) is 6.55. The minimum absolute atomic E-state index is 0.00330. The Morgan fingerprint density at radius 1 is 1.10 bits per heavy atom. The zero-order valence-corrected chi connectivity index (χ0v) is 17.7. The number of fused-ring (bicyclic) bond motifs is 1. The van der Waals surface area contributed by atoms with Crippen molar-refractivity contribution in [2.75, 3.05) is 26.2 Å². The standard InChI is InChI=1S/C22H25N7O2/c1-3-29-18(9-10-23-29)20(31)28-12-17-11-27(19(30)16-7-5-4-6-8-16)13-22(17,14-28)21-24-15(2)25-26-21/h4-10,17H,3,11-14H2,1-2H3,(H,24,25,26)/t17-,22-/m0/s1. The van der Waals surface area contributed by atoms with Crippen molar-refractivity contribution in [1.82, 2.24) is 34.8 Å². The zero-order chi connectivity index (χ0) is 21.6. The Morgan fingerprint density at radius 2 is 1.81 bits per heavy atom. The fraction of sp³-hybridized carbons (Fsp3) is 0.409. The molecule has 0 saturated carbocycles. The molecule has 4 heterocycles. The second-order valence-corrected chi connectivity index (χ2v) is 8.37. The fourth-order valence-electron chi connectivity index (χ4n) is 4.95. The molecule has 31 heavy (non-hydrogen) atoms. The van der Waals surface area contributed by atoms with Gasteiger partial charge in [-0.15, -0.1) is 0 Å². The number of aromatic amines is 1. The monoisotopic (exact) mass is 419 g/mol. The van der Waals surface area contributed by atoms with Crippen LogP contribution >= 0.6 is 0 Å². The van der Waals surface area contributed by atoms with E-state index in [0.29, 0.717) is 49.8 Å². The summed E-state index contributed by atoms with van der Waals surface area (Å²) in [5, 5.41) is 11.6. The predicted octanol–water partition coefficient (Wildman–Crippen LogP) is 1.50. The summed E-state index contributed by atoms with van der Waals surface area (Å²) in [4.78, 5) is 34.8. The van der Waals surface area contributed by atoms with Crippen molar-refractivity contribution in [1.29, 1.82) is 0 Å². The average Bonchev–Trinajstić information content (AvgIpc) is 3.55. The number of carbonyl (C=O) groups excluding carboxylic acids is 2. The maximum Gasteiger partial charge on any atom is 0.272 e. The number of benzene rings is 1. The summed E-state index contributed by atoms with van der Waals surface area (Å²) in [6.07, 6.45) is 1.66. The van der Waals surface area contributed by atoms with Crippen molar-refractivity contribution in [2.24, 2.45) is 5.92 Å². The first-order chi connectivity index (χ1) is 15.0. The largest absolute Gasteiger partial charge is 0.337 e. The van der Waals surface area contributed by atoms with Gasteiger partial charge in [0.1, 0.15) is 11.5 Å². The van der Waals surface area contributed by atoms with Gasteiger partial charge in [0, 0.05) is 50.4 Å². The number of hydrogen-bond donors (Lipinski definition) is 1. The normalized spacial score (nSPS) is 22.7. The van der Waals surface area contributed by atoms with Gasteiger partial charge in [-0.1, -0.05) is 18.2 Å². The van der Waals surface area contributed by atoms with E-state index in [0.717, 1.165) is 5.82 Å². The Labute approximate surface area is 180 Å². The molecule has 2 saturated heterocycles. The van der Waals surface area contributed by atoms with E-state index in [1.807, 2.05) is 54.0 Å². The van der Waals surface area contributed by atoms with Gasteiger partial charge in [0.25, 0.3) is 11.8 Å². The Bertz CT molecular complexity index is 1120. The molecule has 0 unspecified atom stereocenters. The molecule has 0 spiro atoms. The molecule has 9 nitrogen and oxygen atoms in total. The molecule has 0 radical (unpaired) electrons. The zero-order valence-electron chi connectivity index (χ0n) is 17.7.